The fourth-order valence-corrected chi connectivity index (χ4v) is 2.52. The van der Waals surface area contributed by atoms with Crippen LogP contribution < -0.4 is 10.3 Å². The zero-order chi connectivity index (χ0) is 16.2. The van der Waals surface area contributed by atoms with Gasteiger partial charge in [0.05, 0.1) is 11.1 Å². The lowest BCUT2D eigenvalue weighted by molar-refractivity contribution is 0.0939. The second-order valence-corrected chi connectivity index (χ2v) is 6.56. The summed E-state index contributed by atoms with van der Waals surface area (Å²) in [6, 6.07) is 6.46. The minimum Gasteiger partial charge on any atom is -0.272 e. The second kappa shape index (κ2) is 6.63. The van der Waals surface area contributed by atoms with Gasteiger partial charge in [-0.25, -0.2) is 13.4 Å². The van der Waals surface area contributed by atoms with Gasteiger partial charge < -0.3 is 0 Å². The van der Waals surface area contributed by atoms with E-state index >= 15 is 0 Å². The number of amides is 1. The Balaban J connectivity index is 2.06. The third-order valence-electron chi connectivity index (χ3n) is 2.95. The zero-order valence-corrected chi connectivity index (χ0v) is 13.0. The number of benzene rings is 1. The van der Waals surface area contributed by atoms with E-state index in [0.717, 1.165) is 5.56 Å². The maximum Gasteiger partial charge on any atom is 0.286 e. The molecule has 22 heavy (non-hydrogen) atoms. The molecule has 1 aromatic carbocycles. The Hall–Kier alpha value is -2.32. The van der Waals surface area contributed by atoms with Gasteiger partial charge in [-0.2, -0.15) is 0 Å². The van der Waals surface area contributed by atoms with Crippen LogP contribution in [0.25, 0.3) is 0 Å². The number of hydrogen-bond donors (Lipinski definition) is 2. The maximum atomic E-state index is 12.1. The Morgan fingerprint density at radius 3 is 2.36 bits per heavy atom. The van der Waals surface area contributed by atoms with E-state index in [2.05, 4.69) is 15.4 Å². The third-order valence-corrected chi connectivity index (χ3v) is 4.22. The van der Waals surface area contributed by atoms with Crippen molar-refractivity contribution in [1.29, 1.82) is 0 Å². The summed E-state index contributed by atoms with van der Waals surface area (Å²) in [4.78, 5) is 21.3. The molecule has 2 N–H and O–H groups in total. The highest BCUT2D eigenvalue weighted by Crippen LogP contribution is 2.16. The van der Waals surface area contributed by atoms with Gasteiger partial charge in [0.2, 0.25) is 0 Å². The van der Waals surface area contributed by atoms with Crippen LogP contribution >= 0.6 is 0 Å². The minimum absolute atomic E-state index is 0.0142. The van der Waals surface area contributed by atoms with Crippen LogP contribution in [-0.2, 0) is 10.0 Å². The van der Waals surface area contributed by atoms with E-state index in [-0.39, 0.29) is 10.6 Å². The Morgan fingerprint density at radius 2 is 1.82 bits per heavy atom. The molecule has 7 nitrogen and oxygen atoms in total. The highest BCUT2D eigenvalue weighted by Gasteiger charge is 2.16. The predicted octanol–water partition coefficient (Wildman–Crippen LogP) is 1.22. The maximum absolute atomic E-state index is 12.1. The molecule has 0 aliphatic rings. The van der Waals surface area contributed by atoms with E-state index in [1.54, 1.807) is 12.1 Å². The molecule has 2 rings (SSSR count). The van der Waals surface area contributed by atoms with Crippen molar-refractivity contribution in [3.05, 3.63) is 54.1 Å². The topological polar surface area (TPSA) is 101 Å². The summed E-state index contributed by atoms with van der Waals surface area (Å²) < 4.78 is 24.2. The molecule has 8 heteroatoms. The smallest absolute Gasteiger partial charge is 0.272 e. The van der Waals surface area contributed by atoms with Crippen LogP contribution in [-0.4, -0.2) is 24.3 Å². The van der Waals surface area contributed by atoms with E-state index in [1.807, 2.05) is 18.7 Å². The van der Waals surface area contributed by atoms with Crippen LogP contribution in [0.4, 0.5) is 0 Å². The lowest BCUT2D eigenvalue weighted by Crippen LogP contribution is -2.41. The first kappa shape index (κ1) is 16.1. The number of carbonyl (C=O) groups excluding carboxylic acids is 1. The fourth-order valence-electron chi connectivity index (χ4n) is 1.68. The standard InChI is InChI=1S/C14H16N4O3S/c1-10(2)11-3-5-12(6-4-11)22(20,21)18-17-14(19)13-9-15-7-8-16-13/h3-10,18H,1-2H3,(H,17,19). The molecule has 1 amide bonds. The molecule has 0 bridgehead atoms. The van der Waals surface area contributed by atoms with Crippen molar-refractivity contribution in [2.24, 2.45) is 0 Å². The molecule has 1 heterocycles. The molecule has 0 aliphatic carbocycles. The van der Waals surface area contributed by atoms with Gasteiger partial charge in [0, 0.05) is 12.4 Å². The molecule has 0 fully saturated rings. The molecule has 2 aromatic rings. The van der Waals surface area contributed by atoms with Crippen molar-refractivity contribution in [2.45, 2.75) is 24.7 Å². The Kier molecular flexibility index (Phi) is 4.84. The number of hydrazine groups is 1. The molecule has 0 atom stereocenters. The van der Waals surface area contributed by atoms with Crippen LogP contribution in [0, 0.1) is 0 Å². The lowest BCUT2D eigenvalue weighted by atomic mass is 10.0. The van der Waals surface area contributed by atoms with Gasteiger partial charge in [-0.1, -0.05) is 26.0 Å². The van der Waals surface area contributed by atoms with Gasteiger partial charge in [0.25, 0.3) is 15.9 Å². The lowest BCUT2D eigenvalue weighted by Gasteiger charge is -2.09. The first-order valence-corrected chi connectivity index (χ1v) is 8.06. The van der Waals surface area contributed by atoms with Gasteiger partial charge in [-0.3, -0.25) is 15.2 Å². The normalized spacial score (nSPS) is 11.4. The summed E-state index contributed by atoms with van der Waals surface area (Å²) >= 11 is 0. The molecular weight excluding hydrogens is 304 g/mol. The molecular formula is C14H16N4O3S. The third kappa shape index (κ3) is 3.86. The van der Waals surface area contributed by atoms with Crippen molar-refractivity contribution in [3.8, 4) is 0 Å². The zero-order valence-electron chi connectivity index (χ0n) is 12.1. The SMILES string of the molecule is CC(C)c1ccc(S(=O)(=O)NNC(=O)c2cnccn2)cc1. The van der Waals surface area contributed by atoms with E-state index in [1.165, 1.54) is 30.7 Å². The number of nitrogens with one attached hydrogen (secondary N) is 2. The molecule has 0 aliphatic heterocycles. The number of sulfonamides is 1. The van der Waals surface area contributed by atoms with Crippen molar-refractivity contribution in [1.82, 2.24) is 20.2 Å². The van der Waals surface area contributed by atoms with Crippen molar-refractivity contribution in [3.63, 3.8) is 0 Å². The molecule has 0 radical (unpaired) electrons. The molecule has 1 aromatic heterocycles. The average Bonchev–Trinajstić information content (AvgIpc) is 2.53. The quantitative estimate of drug-likeness (QED) is 0.807. The van der Waals surface area contributed by atoms with E-state index in [4.69, 9.17) is 0 Å². The number of aromatic nitrogens is 2. The Morgan fingerprint density at radius 1 is 1.14 bits per heavy atom. The van der Waals surface area contributed by atoms with Gasteiger partial charge in [0.1, 0.15) is 5.69 Å². The van der Waals surface area contributed by atoms with Gasteiger partial charge in [0.15, 0.2) is 0 Å². The Bertz CT molecular complexity index is 743. The summed E-state index contributed by atoms with van der Waals surface area (Å²) in [6.07, 6.45) is 3.99. The Labute approximate surface area is 128 Å². The first-order chi connectivity index (χ1) is 10.4. The number of carbonyl (C=O) groups is 1. The fraction of sp³-hybridized carbons (Fsp3) is 0.214. The van der Waals surface area contributed by atoms with Crippen molar-refractivity contribution < 1.29 is 13.2 Å². The van der Waals surface area contributed by atoms with Gasteiger partial charge in [-0.15, -0.1) is 4.83 Å². The summed E-state index contributed by atoms with van der Waals surface area (Å²) in [7, 11) is -3.84. The summed E-state index contributed by atoms with van der Waals surface area (Å²) in [5.74, 6) is -0.378. The second-order valence-electron chi connectivity index (χ2n) is 4.87. The summed E-state index contributed by atoms with van der Waals surface area (Å²) in [5.41, 5.74) is 3.14. The number of nitrogens with zero attached hydrogens (tertiary/aromatic N) is 2. The molecule has 0 unspecified atom stereocenters. The van der Waals surface area contributed by atoms with Crippen LogP contribution in [0.2, 0.25) is 0 Å². The summed E-state index contributed by atoms with van der Waals surface area (Å²) in [6.45, 7) is 4.03. The van der Waals surface area contributed by atoms with E-state index < -0.39 is 15.9 Å². The van der Waals surface area contributed by atoms with Crippen LogP contribution in [0.15, 0.2) is 47.8 Å². The first-order valence-electron chi connectivity index (χ1n) is 6.58. The average molecular weight is 320 g/mol. The molecule has 0 saturated heterocycles. The number of rotatable bonds is 5. The van der Waals surface area contributed by atoms with E-state index in [0.29, 0.717) is 5.92 Å². The van der Waals surface area contributed by atoms with Gasteiger partial charge in [-0.05, 0) is 23.6 Å². The highest BCUT2D eigenvalue weighted by molar-refractivity contribution is 7.89. The molecule has 0 spiro atoms. The molecule has 0 saturated carbocycles. The van der Waals surface area contributed by atoms with Crippen LogP contribution in [0.5, 0.6) is 0 Å². The predicted molar refractivity (Wildman–Crippen MR) is 80.4 cm³/mol. The molecule has 116 valence electrons. The van der Waals surface area contributed by atoms with Crippen molar-refractivity contribution >= 4 is 15.9 Å². The minimum atomic E-state index is -3.84. The highest BCUT2D eigenvalue weighted by atomic mass is 32.2. The number of hydrogen-bond acceptors (Lipinski definition) is 5. The van der Waals surface area contributed by atoms with Gasteiger partial charge >= 0.3 is 0 Å². The van der Waals surface area contributed by atoms with Crippen molar-refractivity contribution in [2.75, 3.05) is 0 Å². The van der Waals surface area contributed by atoms with Crippen LogP contribution in [0.1, 0.15) is 35.8 Å². The largest absolute Gasteiger partial charge is 0.286 e. The van der Waals surface area contributed by atoms with E-state index in [9.17, 15) is 13.2 Å². The summed E-state index contributed by atoms with van der Waals surface area (Å²) in [5, 5.41) is 0. The van der Waals surface area contributed by atoms with Crippen LogP contribution in [0.3, 0.4) is 0 Å². The monoisotopic (exact) mass is 320 g/mol.